The predicted octanol–water partition coefficient (Wildman–Crippen LogP) is 4.83. The van der Waals surface area contributed by atoms with E-state index < -0.39 is 11.5 Å². The van der Waals surface area contributed by atoms with Crippen LogP contribution in [0.2, 0.25) is 5.02 Å². The number of nitrogens with zero attached hydrogens (tertiary/aromatic N) is 2. The van der Waals surface area contributed by atoms with Gasteiger partial charge >= 0.3 is 5.72 Å². The maximum Gasteiger partial charge on any atom is 0.306 e. The number of fused-ring (bicyclic) bond motifs is 6. The minimum absolute atomic E-state index is 0.222. The zero-order chi connectivity index (χ0) is 20.5. The van der Waals surface area contributed by atoms with Crippen LogP contribution in [0.25, 0.3) is 0 Å². The summed E-state index contributed by atoms with van der Waals surface area (Å²) in [4.78, 5) is 13.3. The molecule has 0 aliphatic carbocycles. The van der Waals surface area contributed by atoms with E-state index >= 15 is 0 Å². The summed E-state index contributed by atoms with van der Waals surface area (Å²) in [5.74, 6) is -0.230. The number of benzene rings is 3. The van der Waals surface area contributed by atoms with Crippen molar-refractivity contribution in [3.05, 3.63) is 94.3 Å². The summed E-state index contributed by atoms with van der Waals surface area (Å²) >= 11 is 6.04. The summed E-state index contributed by atoms with van der Waals surface area (Å²) in [6.45, 7) is 0. The van der Waals surface area contributed by atoms with Crippen LogP contribution in [0.4, 0.5) is 10.1 Å². The minimum Gasteiger partial charge on any atom is -0.453 e. The second-order valence-corrected chi connectivity index (χ2v) is 7.98. The van der Waals surface area contributed by atoms with Crippen LogP contribution in [0.15, 0.2) is 71.8 Å². The topological polar surface area (TPSA) is 53.9 Å². The third-order valence-corrected chi connectivity index (χ3v) is 6.10. The summed E-state index contributed by atoms with van der Waals surface area (Å²) in [5.41, 5.74) is 2.05. The highest BCUT2D eigenvalue weighted by Gasteiger charge is 2.61. The molecular formula is C23H15ClFN3O2. The lowest BCUT2D eigenvalue weighted by Crippen LogP contribution is -2.55. The molecule has 0 bridgehead atoms. The van der Waals surface area contributed by atoms with Crippen LogP contribution in [0.3, 0.4) is 0 Å². The Balaban J connectivity index is 1.57. The monoisotopic (exact) mass is 419 g/mol. The highest BCUT2D eigenvalue weighted by atomic mass is 35.5. The van der Waals surface area contributed by atoms with Gasteiger partial charge in [0.2, 0.25) is 0 Å². The Labute approximate surface area is 176 Å². The van der Waals surface area contributed by atoms with Gasteiger partial charge in [-0.3, -0.25) is 4.79 Å². The van der Waals surface area contributed by atoms with E-state index in [-0.39, 0.29) is 11.9 Å². The smallest absolute Gasteiger partial charge is 0.306 e. The second kappa shape index (κ2) is 6.06. The molecule has 1 spiro atoms. The molecule has 148 valence electrons. The molecule has 3 aromatic carbocycles. The molecule has 0 aromatic heterocycles. The van der Waals surface area contributed by atoms with Gasteiger partial charge in [0, 0.05) is 17.0 Å². The Hall–Kier alpha value is -3.38. The van der Waals surface area contributed by atoms with Crippen molar-refractivity contribution >= 4 is 28.9 Å². The Kier molecular flexibility index (Phi) is 3.53. The molecule has 0 radical (unpaired) electrons. The number of amides is 1. The van der Waals surface area contributed by atoms with Crippen LogP contribution in [0.5, 0.6) is 5.75 Å². The maximum absolute atomic E-state index is 14.2. The van der Waals surface area contributed by atoms with Gasteiger partial charge in [-0.15, -0.1) is 0 Å². The molecule has 3 heterocycles. The molecule has 3 aromatic rings. The number of hydrogen-bond acceptors (Lipinski definition) is 4. The zero-order valence-electron chi connectivity index (χ0n) is 15.6. The normalized spacial score (nSPS) is 23.4. The fourth-order valence-electron chi connectivity index (χ4n) is 4.48. The lowest BCUT2D eigenvalue weighted by Gasteiger charge is -2.43. The van der Waals surface area contributed by atoms with E-state index in [0.29, 0.717) is 28.4 Å². The number of para-hydroxylation sites is 1. The first-order valence-electron chi connectivity index (χ1n) is 9.58. The lowest BCUT2D eigenvalue weighted by atomic mass is 9.92. The number of anilines is 1. The highest BCUT2D eigenvalue weighted by Crippen LogP contribution is 2.54. The molecule has 2 atom stereocenters. The van der Waals surface area contributed by atoms with E-state index in [1.165, 1.54) is 12.1 Å². The van der Waals surface area contributed by atoms with Crippen molar-refractivity contribution in [2.75, 3.05) is 5.32 Å². The number of halogens is 2. The van der Waals surface area contributed by atoms with Crippen LogP contribution in [0, 0.1) is 5.82 Å². The van der Waals surface area contributed by atoms with Gasteiger partial charge in [-0.05, 0) is 42.0 Å². The van der Waals surface area contributed by atoms with E-state index in [4.69, 9.17) is 21.4 Å². The molecule has 2 unspecified atom stereocenters. The van der Waals surface area contributed by atoms with Crippen LogP contribution < -0.4 is 10.1 Å². The molecule has 3 aliphatic rings. The van der Waals surface area contributed by atoms with Gasteiger partial charge in [0.25, 0.3) is 5.91 Å². The first-order valence-corrected chi connectivity index (χ1v) is 9.96. The molecule has 0 fully saturated rings. The fourth-order valence-corrected chi connectivity index (χ4v) is 4.60. The molecule has 1 N–H and O–H groups in total. The summed E-state index contributed by atoms with van der Waals surface area (Å²) in [6.07, 6.45) is 0.585. The Morgan fingerprint density at radius 2 is 1.93 bits per heavy atom. The first kappa shape index (κ1) is 17.5. The first-order chi connectivity index (χ1) is 14.6. The molecule has 1 amide bonds. The maximum atomic E-state index is 14.2. The van der Waals surface area contributed by atoms with Crippen molar-refractivity contribution in [3.8, 4) is 5.75 Å². The summed E-state index contributed by atoms with van der Waals surface area (Å²) in [5, 5.41) is 9.97. The molecule has 5 nitrogen and oxygen atoms in total. The Bertz CT molecular complexity index is 1240. The van der Waals surface area contributed by atoms with E-state index in [9.17, 15) is 9.18 Å². The number of nitrogens with one attached hydrogen (secondary N) is 1. The van der Waals surface area contributed by atoms with Crippen LogP contribution in [0.1, 0.15) is 29.2 Å². The summed E-state index contributed by atoms with van der Waals surface area (Å²) in [6, 6.07) is 19.0. The molecule has 7 heteroatoms. The van der Waals surface area contributed by atoms with Crippen molar-refractivity contribution in [1.82, 2.24) is 5.01 Å². The van der Waals surface area contributed by atoms with Gasteiger partial charge in [0.1, 0.15) is 11.6 Å². The zero-order valence-corrected chi connectivity index (χ0v) is 16.4. The molecular weight excluding hydrogens is 405 g/mol. The average Bonchev–Trinajstić information content (AvgIpc) is 3.30. The number of ether oxygens (including phenoxy) is 1. The lowest BCUT2D eigenvalue weighted by molar-refractivity contribution is -0.161. The number of hydrazone groups is 1. The van der Waals surface area contributed by atoms with E-state index in [2.05, 4.69) is 5.32 Å². The minimum atomic E-state index is -1.56. The van der Waals surface area contributed by atoms with Crippen molar-refractivity contribution < 1.29 is 13.9 Å². The van der Waals surface area contributed by atoms with Gasteiger partial charge in [0.05, 0.1) is 23.0 Å². The van der Waals surface area contributed by atoms with Crippen molar-refractivity contribution in [1.29, 1.82) is 0 Å². The van der Waals surface area contributed by atoms with E-state index in [1.54, 1.807) is 11.1 Å². The van der Waals surface area contributed by atoms with Crippen LogP contribution >= 0.6 is 11.6 Å². The van der Waals surface area contributed by atoms with E-state index in [0.717, 1.165) is 16.8 Å². The number of rotatable bonds is 1. The molecule has 0 saturated carbocycles. The fraction of sp³-hybridized carbons (Fsp3) is 0.130. The SMILES string of the molecule is O=C1Nc2ccc(F)cc2C12Oc1ccccc1C1CC(c3ccc(Cl)cc3)=NN12. The van der Waals surface area contributed by atoms with Crippen molar-refractivity contribution in [3.63, 3.8) is 0 Å². The van der Waals surface area contributed by atoms with Gasteiger partial charge in [-0.25, -0.2) is 9.40 Å². The van der Waals surface area contributed by atoms with Crippen molar-refractivity contribution in [2.45, 2.75) is 18.2 Å². The predicted molar refractivity (Wildman–Crippen MR) is 111 cm³/mol. The summed E-state index contributed by atoms with van der Waals surface area (Å²) in [7, 11) is 0. The number of hydrogen-bond donors (Lipinski definition) is 1. The summed E-state index contributed by atoms with van der Waals surface area (Å²) < 4.78 is 20.5. The Morgan fingerprint density at radius 1 is 1.13 bits per heavy atom. The molecule has 0 saturated heterocycles. The Morgan fingerprint density at radius 3 is 2.77 bits per heavy atom. The number of carbonyl (C=O) groups excluding carboxylic acids is 1. The quantitative estimate of drug-likeness (QED) is 0.614. The standard InChI is InChI=1S/C23H15ClFN3O2/c24-14-7-5-13(6-8-14)19-12-20-16-3-1-2-4-21(16)30-23(28(20)27-19)17-11-15(25)9-10-18(17)26-22(23)29/h1-11,20H,12H2,(H,26,29). The third-order valence-electron chi connectivity index (χ3n) is 5.85. The third kappa shape index (κ3) is 2.28. The van der Waals surface area contributed by atoms with Crippen molar-refractivity contribution in [2.24, 2.45) is 5.10 Å². The largest absolute Gasteiger partial charge is 0.453 e. The van der Waals surface area contributed by atoms with Crippen LogP contribution in [-0.2, 0) is 10.5 Å². The molecule has 3 aliphatic heterocycles. The van der Waals surface area contributed by atoms with Gasteiger partial charge in [-0.2, -0.15) is 5.10 Å². The van der Waals surface area contributed by atoms with Crippen LogP contribution in [-0.4, -0.2) is 16.6 Å². The highest BCUT2D eigenvalue weighted by molar-refractivity contribution is 6.30. The molecule has 30 heavy (non-hydrogen) atoms. The van der Waals surface area contributed by atoms with Gasteiger partial charge < -0.3 is 10.1 Å². The van der Waals surface area contributed by atoms with E-state index in [1.807, 2.05) is 48.5 Å². The average molecular weight is 420 g/mol. The van der Waals surface area contributed by atoms with Gasteiger partial charge in [0.15, 0.2) is 0 Å². The van der Waals surface area contributed by atoms with Gasteiger partial charge in [-0.1, -0.05) is 41.9 Å². The molecule has 6 rings (SSSR count). The number of carbonyl (C=O) groups is 1. The second-order valence-electron chi connectivity index (χ2n) is 7.55.